The molecule has 1 aliphatic rings. The number of carboxylic acid groups (broad SMARTS) is 1. The van der Waals surface area contributed by atoms with Crippen LogP contribution < -0.4 is 11.1 Å². The molecule has 2 atom stereocenters. The maximum atomic E-state index is 12.5. The Bertz CT molecular complexity index is 617. The van der Waals surface area contributed by atoms with E-state index in [-0.39, 0.29) is 11.7 Å². The van der Waals surface area contributed by atoms with Gasteiger partial charge in [0.05, 0.1) is 6.04 Å². The lowest BCUT2D eigenvalue weighted by molar-refractivity contribution is -0.141. The molecule has 1 aromatic rings. The fraction of sp³-hybridized carbons (Fsp3) is 0.438. The maximum absolute atomic E-state index is 12.5. The van der Waals surface area contributed by atoms with Crippen LogP contribution in [0.2, 0.25) is 0 Å². The molecule has 24 heavy (non-hydrogen) atoms. The fourth-order valence-corrected chi connectivity index (χ4v) is 2.77. The van der Waals surface area contributed by atoms with E-state index in [9.17, 15) is 19.5 Å². The quantitative estimate of drug-likeness (QED) is 0.551. The van der Waals surface area contributed by atoms with Crippen molar-refractivity contribution in [1.29, 1.82) is 0 Å². The molecular formula is C16H21N3O5. The lowest BCUT2D eigenvalue weighted by atomic mass is 10.0. The van der Waals surface area contributed by atoms with Crippen LogP contribution in [0.3, 0.4) is 0 Å². The average Bonchev–Trinajstić information content (AvgIpc) is 3.03. The molecule has 1 aliphatic heterocycles. The summed E-state index contributed by atoms with van der Waals surface area (Å²) >= 11 is 0. The second-order valence-electron chi connectivity index (χ2n) is 5.78. The second kappa shape index (κ2) is 7.78. The Morgan fingerprint density at radius 2 is 1.96 bits per heavy atom. The highest BCUT2D eigenvalue weighted by molar-refractivity contribution is 5.91. The molecule has 8 heteroatoms. The summed E-state index contributed by atoms with van der Waals surface area (Å²) in [5, 5.41) is 20.2. The molecule has 0 spiro atoms. The van der Waals surface area contributed by atoms with E-state index in [4.69, 9.17) is 10.8 Å². The van der Waals surface area contributed by atoms with Gasteiger partial charge in [0.1, 0.15) is 18.3 Å². The molecule has 1 saturated heterocycles. The van der Waals surface area contributed by atoms with Crippen molar-refractivity contribution >= 4 is 17.8 Å². The Morgan fingerprint density at radius 3 is 2.58 bits per heavy atom. The highest BCUT2D eigenvalue weighted by atomic mass is 16.4. The molecule has 0 radical (unpaired) electrons. The number of carbonyl (C=O) groups excluding carboxylic acids is 2. The van der Waals surface area contributed by atoms with Crippen LogP contribution in [-0.2, 0) is 20.8 Å². The average molecular weight is 335 g/mol. The van der Waals surface area contributed by atoms with E-state index in [1.54, 1.807) is 12.1 Å². The highest BCUT2D eigenvalue weighted by Gasteiger charge is 2.36. The van der Waals surface area contributed by atoms with E-state index in [2.05, 4.69) is 5.32 Å². The minimum absolute atomic E-state index is 0.133. The summed E-state index contributed by atoms with van der Waals surface area (Å²) in [7, 11) is 0. The van der Waals surface area contributed by atoms with Gasteiger partial charge in [0.2, 0.25) is 11.8 Å². The van der Waals surface area contributed by atoms with Crippen LogP contribution in [0.15, 0.2) is 24.3 Å². The van der Waals surface area contributed by atoms with Crippen LogP contribution in [0.4, 0.5) is 0 Å². The number of amides is 2. The van der Waals surface area contributed by atoms with Crippen molar-refractivity contribution < 1.29 is 24.6 Å². The van der Waals surface area contributed by atoms with E-state index in [0.717, 1.165) is 5.56 Å². The lowest BCUT2D eigenvalue weighted by Crippen LogP contribution is -2.52. The van der Waals surface area contributed by atoms with Gasteiger partial charge >= 0.3 is 5.97 Å². The van der Waals surface area contributed by atoms with Gasteiger partial charge in [-0.2, -0.15) is 0 Å². The van der Waals surface area contributed by atoms with Gasteiger partial charge in [-0.25, -0.2) is 0 Å². The molecule has 2 amide bonds. The number of phenolic OH excluding ortho intramolecular Hbond substituents is 1. The third kappa shape index (κ3) is 4.45. The van der Waals surface area contributed by atoms with Gasteiger partial charge in [-0.05, 0) is 37.0 Å². The van der Waals surface area contributed by atoms with E-state index >= 15 is 0 Å². The minimum Gasteiger partial charge on any atom is -0.508 e. The van der Waals surface area contributed by atoms with Crippen molar-refractivity contribution in [3.05, 3.63) is 29.8 Å². The third-order valence-electron chi connectivity index (χ3n) is 3.96. The van der Waals surface area contributed by atoms with Crippen molar-refractivity contribution in [2.75, 3.05) is 13.1 Å². The first-order chi connectivity index (χ1) is 11.4. The number of nitrogens with two attached hydrogens (primary N) is 1. The molecule has 0 saturated carbocycles. The molecule has 5 N–H and O–H groups in total. The fourth-order valence-electron chi connectivity index (χ4n) is 2.77. The standard InChI is InChI=1S/C16H21N3O5/c17-12(8-10-3-5-11(20)6-4-10)16(24)19-7-1-2-13(19)15(23)18-9-14(21)22/h3-6,12-13,20H,1-2,7-9,17H2,(H,18,23)(H,21,22). The number of hydrogen-bond acceptors (Lipinski definition) is 5. The Hall–Kier alpha value is -2.61. The van der Waals surface area contributed by atoms with Crippen molar-refractivity contribution in [1.82, 2.24) is 10.2 Å². The van der Waals surface area contributed by atoms with Crippen LogP contribution in [0.5, 0.6) is 5.75 Å². The van der Waals surface area contributed by atoms with Gasteiger partial charge in [-0.15, -0.1) is 0 Å². The molecule has 130 valence electrons. The van der Waals surface area contributed by atoms with Gasteiger partial charge in [0.25, 0.3) is 0 Å². The number of nitrogens with zero attached hydrogens (tertiary/aromatic N) is 1. The molecule has 1 heterocycles. The van der Waals surface area contributed by atoms with Crippen LogP contribution in [0.25, 0.3) is 0 Å². The largest absolute Gasteiger partial charge is 0.508 e. The number of benzene rings is 1. The number of phenols is 1. The zero-order chi connectivity index (χ0) is 17.7. The van der Waals surface area contributed by atoms with Crippen molar-refractivity contribution in [2.45, 2.75) is 31.3 Å². The van der Waals surface area contributed by atoms with Crippen molar-refractivity contribution in [3.63, 3.8) is 0 Å². The van der Waals surface area contributed by atoms with Crippen LogP contribution in [0.1, 0.15) is 18.4 Å². The molecule has 1 aromatic carbocycles. The first-order valence-electron chi connectivity index (χ1n) is 7.72. The van der Waals surface area contributed by atoms with Crippen LogP contribution >= 0.6 is 0 Å². The number of carboxylic acids is 1. The van der Waals surface area contributed by atoms with E-state index < -0.39 is 30.5 Å². The number of rotatable bonds is 6. The van der Waals surface area contributed by atoms with Crippen molar-refractivity contribution in [3.8, 4) is 5.75 Å². The second-order valence-corrected chi connectivity index (χ2v) is 5.78. The van der Waals surface area contributed by atoms with Gasteiger partial charge in [0, 0.05) is 6.54 Å². The Labute approximate surface area is 139 Å². The van der Waals surface area contributed by atoms with Gasteiger partial charge in [-0.3, -0.25) is 14.4 Å². The minimum atomic E-state index is -1.14. The number of hydrogen-bond donors (Lipinski definition) is 4. The SMILES string of the molecule is NC(Cc1ccc(O)cc1)C(=O)N1CCCC1C(=O)NCC(=O)O. The normalized spacial score (nSPS) is 18.2. The maximum Gasteiger partial charge on any atom is 0.322 e. The summed E-state index contributed by atoms with van der Waals surface area (Å²) in [5.41, 5.74) is 6.78. The number of nitrogens with one attached hydrogen (secondary N) is 1. The van der Waals surface area contributed by atoms with E-state index in [1.807, 2.05) is 0 Å². The molecule has 2 rings (SSSR count). The molecule has 0 aromatic heterocycles. The lowest BCUT2D eigenvalue weighted by Gasteiger charge is -2.26. The molecule has 1 fully saturated rings. The summed E-state index contributed by atoms with van der Waals surface area (Å²) in [5.74, 6) is -1.81. The predicted molar refractivity (Wildman–Crippen MR) is 85.2 cm³/mol. The Balaban J connectivity index is 1.97. The Morgan fingerprint density at radius 1 is 1.29 bits per heavy atom. The van der Waals surface area contributed by atoms with E-state index in [0.29, 0.717) is 25.8 Å². The molecule has 0 bridgehead atoms. The zero-order valence-corrected chi connectivity index (χ0v) is 13.1. The summed E-state index contributed by atoms with van der Waals surface area (Å²) < 4.78 is 0. The highest BCUT2D eigenvalue weighted by Crippen LogP contribution is 2.19. The number of aliphatic carboxylic acids is 1. The smallest absolute Gasteiger partial charge is 0.322 e. The molecule has 8 nitrogen and oxygen atoms in total. The topological polar surface area (TPSA) is 133 Å². The van der Waals surface area contributed by atoms with Gasteiger partial charge < -0.3 is 26.2 Å². The Kier molecular flexibility index (Phi) is 5.75. The number of likely N-dealkylation sites (tertiary alicyclic amines) is 1. The summed E-state index contributed by atoms with van der Waals surface area (Å²) in [6, 6.07) is 4.92. The predicted octanol–water partition coefficient (Wildman–Crippen LogP) is -0.546. The summed E-state index contributed by atoms with van der Waals surface area (Å²) in [6.07, 6.45) is 1.45. The van der Waals surface area contributed by atoms with Gasteiger partial charge in [0.15, 0.2) is 0 Å². The molecular weight excluding hydrogens is 314 g/mol. The first kappa shape index (κ1) is 17.7. The first-order valence-corrected chi connectivity index (χ1v) is 7.72. The summed E-state index contributed by atoms with van der Waals surface area (Å²) in [6.45, 7) is -0.0514. The monoisotopic (exact) mass is 335 g/mol. The third-order valence-corrected chi connectivity index (χ3v) is 3.96. The number of carbonyl (C=O) groups is 3. The van der Waals surface area contributed by atoms with Crippen LogP contribution in [-0.4, -0.2) is 58.1 Å². The molecule has 0 aliphatic carbocycles. The van der Waals surface area contributed by atoms with E-state index in [1.165, 1.54) is 17.0 Å². The molecule has 2 unspecified atom stereocenters. The van der Waals surface area contributed by atoms with Crippen molar-refractivity contribution in [2.24, 2.45) is 5.73 Å². The van der Waals surface area contributed by atoms with Gasteiger partial charge in [-0.1, -0.05) is 12.1 Å². The summed E-state index contributed by atoms with van der Waals surface area (Å²) in [4.78, 5) is 36.5. The zero-order valence-electron chi connectivity index (χ0n) is 13.1. The van der Waals surface area contributed by atoms with Crippen LogP contribution in [0, 0.1) is 0 Å². The number of aromatic hydroxyl groups is 1.